The van der Waals surface area contributed by atoms with Crippen LogP contribution in [0.3, 0.4) is 0 Å². The highest BCUT2D eigenvalue weighted by Gasteiger charge is 2.28. The smallest absolute Gasteiger partial charge is 0.228 e. The zero-order chi connectivity index (χ0) is 19.4. The number of amides is 2. The number of hydrogen-bond acceptors (Lipinski definition) is 3. The first kappa shape index (κ1) is 19.6. The molecule has 0 saturated carbocycles. The molecular formula is C20H21Cl2N3O2. The lowest BCUT2D eigenvalue weighted by Gasteiger charge is -2.31. The molecule has 2 aromatic rings. The summed E-state index contributed by atoms with van der Waals surface area (Å²) >= 11 is 12.3. The van der Waals surface area contributed by atoms with Crippen LogP contribution in [0.4, 0.5) is 5.82 Å². The molecule has 1 aliphatic rings. The van der Waals surface area contributed by atoms with Crippen LogP contribution in [0.15, 0.2) is 36.5 Å². The molecule has 1 N–H and O–H groups in total. The van der Waals surface area contributed by atoms with Gasteiger partial charge < -0.3 is 10.2 Å². The first-order valence-electron chi connectivity index (χ1n) is 8.88. The Bertz CT molecular complexity index is 811. The summed E-state index contributed by atoms with van der Waals surface area (Å²) in [5.41, 5.74) is 1.69. The van der Waals surface area contributed by atoms with Crippen molar-refractivity contribution in [3.05, 3.63) is 57.7 Å². The second-order valence-corrected chi connectivity index (χ2v) is 7.56. The summed E-state index contributed by atoms with van der Waals surface area (Å²) < 4.78 is 0. The molecule has 0 unspecified atom stereocenters. The van der Waals surface area contributed by atoms with Crippen LogP contribution in [0.1, 0.15) is 24.0 Å². The van der Waals surface area contributed by atoms with Crippen LogP contribution in [-0.4, -0.2) is 34.8 Å². The summed E-state index contributed by atoms with van der Waals surface area (Å²) in [5, 5.41) is 3.84. The molecule has 0 aliphatic carbocycles. The molecule has 0 atom stereocenters. The average Bonchev–Trinajstić information content (AvgIpc) is 2.66. The molecule has 2 heterocycles. The zero-order valence-electron chi connectivity index (χ0n) is 15.0. The molecule has 27 heavy (non-hydrogen) atoms. The van der Waals surface area contributed by atoms with Gasteiger partial charge in [0.1, 0.15) is 5.82 Å². The van der Waals surface area contributed by atoms with Gasteiger partial charge in [0.2, 0.25) is 11.8 Å². The van der Waals surface area contributed by atoms with Gasteiger partial charge in [-0.2, -0.15) is 0 Å². The second-order valence-electron chi connectivity index (χ2n) is 6.74. The molecule has 0 bridgehead atoms. The topological polar surface area (TPSA) is 62.3 Å². The van der Waals surface area contributed by atoms with Crippen molar-refractivity contribution < 1.29 is 9.59 Å². The summed E-state index contributed by atoms with van der Waals surface area (Å²) in [4.78, 5) is 31.0. The van der Waals surface area contributed by atoms with E-state index in [1.54, 1.807) is 35.4 Å². The lowest BCUT2D eigenvalue weighted by molar-refractivity contribution is -0.133. The van der Waals surface area contributed by atoms with Crippen LogP contribution in [0.5, 0.6) is 0 Å². The quantitative estimate of drug-likeness (QED) is 0.831. The summed E-state index contributed by atoms with van der Waals surface area (Å²) in [6.45, 7) is 3.03. The van der Waals surface area contributed by atoms with E-state index in [-0.39, 0.29) is 24.2 Å². The standard InChI is InChI=1S/C20H21Cl2N3O2/c1-13-5-6-18(23-12-13)24-20(27)14-7-9-25(10-8-14)19(26)11-15-16(21)3-2-4-17(15)22/h2-6,12,14H,7-11H2,1H3,(H,23,24,27). The molecule has 2 amide bonds. The highest BCUT2D eigenvalue weighted by Crippen LogP contribution is 2.26. The third-order valence-corrected chi connectivity index (χ3v) is 5.48. The van der Waals surface area contributed by atoms with Crippen molar-refractivity contribution in [3.8, 4) is 0 Å². The highest BCUT2D eigenvalue weighted by molar-refractivity contribution is 6.36. The molecule has 1 aromatic heterocycles. The van der Waals surface area contributed by atoms with Crippen LogP contribution in [0.25, 0.3) is 0 Å². The molecule has 3 rings (SSSR count). The molecule has 0 radical (unpaired) electrons. The Morgan fingerprint density at radius 1 is 1.15 bits per heavy atom. The lowest BCUT2D eigenvalue weighted by atomic mass is 9.95. The fourth-order valence-corrected chi connectivity index (χ4v) is 3.66. The SMILES string of the molecule is Cc1ccc(NC(=O)C2CCN(C(=O)Cc3c(Cl)cccc3Cl)CC2)nc1. The summed E-state index contributed by atoms with van der Waals surface area (Å²) in [7, 11) is 0. The van der Waals surface area contributed by atoms with Gasteiger partial charge in [-0.15, -0.1) is 0 Å². The maximum atomic E-state index is 12.6. The molecule has 5 nitrogen and oxygen atoms in total. The van der Waals surface area contributed by atoms with Gasteiger partial charge >= 0.3 is 0 Å². The van der Waals surface area contributed by atoms with Crippen LogP contribution in [0, 0.1) is 12.8 Å². The van der Waals surface area contributed by atoms with Crippen LogP contribution in [0.2, 0.25) is 10.0 Å². The monoisotopic (exact) mass is 405 g/mol. The molecular weight excluding hydrogens is 385 g/mol. The van der Waals surface area contributed by atoms with Gasteiger partial charge in [0, 0.05) is 35.2 Å². The van der Waals surface area contributed by atoms with Crippen molar-refractivity contribution in [1.82, 2.24) is 9.88 Å². The minimum absolute atomic E-state index is 0.0240. The first-order chi connectivity index (χ1) is 12.9. The number of nitrogens with zero attached hydrogens (tertiary/aromatic N) is 2. The Hall–Kier alpha value is -2.11. The minimum atomic E-state index is -0.124. The van der Waals surface area contributed by atoms with E-state index in [1.165, 1.54) is 0 Å². The molecule has 1 saturated heterocycles. The molecule has 7 heteroatoms. The second kappa shape index (κ2) is 8.72. The zero-order valence-corrected chi connectivity index (χ0v) is 16.6. The van der Waals surface area contributed by atoms with Gasteiger partial charge in [-0.1, -0.05) is 35.3 Å². The number of aryl methyl sites for hydroxylation is 1. The third-order valence-electron chi connectivity index (χ3n) is 4.77. The Labute approximate surface area is 168 Å². The lowest BCUT2D eigenvalue weighted by Crippen LogP contribution is -2.42. The van der Waals surface area contributed by atoms with Crippen molar-refractivity contribution in [2.75, 3.05) is 18.4 Å². The van der Waals surface area contributed by atoms with Crippen LogP contribution < -0.4 is 5.32 Å². The predicted octanol–water partition coefficient (Wildman–Crippen LogP) is 4.12. The van der Waals surface area contributed by atoms with E-state index in [0.717, 1.165) is 5.56 Å². The molecule has 1 aromatic carbocycles. The van der Waals surface area contributed by atoms with E-state index in [2.05, 4.69) is 10.3 Å². The van der Waals surface area contributed by atoms with E-state index < -0.39 is 0 Å². The summed E-state index contributed by atoms with van der Waals surface area (Å²) in [5.74, 6) is 0.357. The molecule has 1 fully saturated rings. The highest BCUT2D eigenvalue weighted by atomic mass is 35.5. The van der Waals surface area contributed by atoms with Gasteiger partial charge in [-0.25, -0.2) is 4.98 Å². The van der Waals surface area contributed by atoms with Gasteiger partial charge in [0.15, 0.2) is 0 Å². The number of likely N-dealkylation sites (tertiary alicyclic amines) is 1. The number of aromatic nitrogens is 1. The van der Waals surface area contributed by atoms with E-state index in [0.29, 0.717) is 47.4 Å². The first-order valence-corrected chi connectivity index (χ1v) is 9.64. The Morgan fingerprint density at radius 2 is 1.81 bits per heavy atom. The maximum absolute atomic E-state index is 12.6. The van der Waals surface area contributed by atoms with Crippen molar-refractivity contribution in [2.24, 2.45) is 5.92 Å². The number of nitrogens with one attached hydrogen (secondary N) is 1. The van der Waals surface area contributed by atoms with E-state index >= 15 is 0 Å². The number of hydrogen-bond donors (Lipinski definition) is 1. The van der Waals surface area contributed by atoms with E-state index in [4.69, 9.17) is 23.2 Å². The number of carbonyl (C=O) groups is 2. The van der Waals surface area contributed by atoms with Crippen molar-refractivity contribution in [2.45, 2.75) is 26.2 Å². The Morgan fingerprint density at radius 3 is 2.41 bits per heavy atom. The number of carbonyl (C=O) groups excluding carboxylic acids is 2. The number of rotatable bonds is 4. The average molecular weight is 406 g/mol. The predicted molar refractivity (Wildman–Crippen MR) is 107 cm³/mol. The number of halogens is 2. The van der Waals surface area contributed by atoms with Crippen molar-refractivity contribution in [1.29, 1.82) is 0 Å². The molecule has 142 valence electrons. The summed E-state index contributed by atoms with van der Waals surface area (Å²) in [6, 6.07) is 8.91. The Balaban J connectivity index is 1.53. The van der Waals surface area contributed by atoms with Crippen molar-refractivity contribution >= 4 is 40.8 Å². The van der Waals surface area contributed by atoms with Gasteiger partial charge in [0.05, 0.1) is 6.42 Å². The van der Waals surface area contributed by atoms with Crippen LogP contribution >= 0.6 is 23.2 Å². The van der Waals surface area contributed by atoms with Gasteiger partial charge in [0.25, 0.3) is 0 Å². The number of anilines is 1. The van der Waals surface area contributed by atoms with Crippen molar-refractivity contribution in [3.63, 3.8) is 0 Å². The minimum Gasteiger partial charge on any atom is -0.342 e. The largest absolute Gasteiger partial charge is 0.342 e. The van der Waals surface area contributed by atoms with Gasteiger partial charge in [-0.05, 0) is 49.1 Å². The van der Waals surface area contributed by atoms with Gasteiger partial charge in [-0.3, -0.25) is 9.59 Å². The maximum Gasteiger partial charge on any atom is 0.228 e. The fraction of sp³-hybridized carbons (Fsp3) is 0.350. The number of pyridine rings is 1. The molecule has 1 aliphatic heterocycles. The number of benzene rings is 1. The van der Waals surface area contributed by atoms with E-state index in [9.17, 15) is 9.59 Å². The fourth-order valence-electron chi connectivity index (χ4n) is 3.13. The number of piperidine rings is 1. The van der Waals surface area contributed by atoms with Crippen LogP contribution in [-0.2, 0) is 16.0 Å². The normalized spacial score (nSPS) is 14.9. The summed E-state index contributed by atoms with van der Waals surface area (Å²) in [6.07, 6.45) is 3.14. The Kier molecular flexibility index (Phi) is 6.34. The third kappa shape index (κ3) is 4.99. The van der Waals surface area contributed by atoms with E-state index in [1.807, 2.05) is 13.0 Å². The molecule has 0 spiro atoms.